The van der Waals surface area contributed by atoms with Gasteiger partial charge in [-0.25, -0.2) is 4.39 Å². The van der Waals surface area contributed by atoms with E-state index in [-0.39, 0.29) is 16.9 Å². The van der Waals surface area contributed by atoms with Crippen molar-refractivity contribution in [2.24, 2.45) is 0 Å². The highest BCUT2D eigenvalue weighted by Crippen LogP contribution is 2.32. The summed E-state index contributed by atoms with van der Waals surface area (Å²) in [5, 5.41) is 18.5. The first-order valence-electron chi connectivity index (χ1n) is 3.77. The van der Waals surface area contributed by atoms with Crippen molar-refractivity contribution in [1.82, 2.24) is 0 Å². The average Bonchev–Trinajstić information content (AvgIpc) is 2.01. The minimum absolute atomic E-state index is 0.0473. The van der Waals surface area contributed by atoms with Crippen molar-refractivity contribution in [2.45, 2.75) is 20.3 Å². The Balaban J connectivity index is 3.40. The lowest BCUT2D eigenvalue weighted by atomic mass is 10.1. The lowest BCUT2D eigenvalue weighted by Crippen LogP contribution is -1.90. The van der Waals surface area contributed by atoms with E-state index in [1.54, 1.807) is 6.92 Å². The molecule has 0 radical (unpaired) electrons. The Morgan fingerprint density at radius 1 is 1.42 bits per heavy atom. The van der Waals surface area contributed by atoms with Crippen molar-refractivity contribution in [3.05, 3.63) is 23.0 Å². The Morgan fingerprint density at radius 2 is 2.00 bits per heavy atom. The second kappa shape index (κ2) is 3.01. The molecule has 0 aliphatic rings. The lowest BCUT2D eigenvalue weighted by molar-refractivity contribution is 0.407. The standard InChI is InChI=1S/C9H11FO2/c1-3-6-7(11)4-5(2)8(10)9(6)12/h4,11-12H,3H2,1-2H3. The van der Waals surface area contributed by atoms with Crippen LogP contribution in [0.1, 0.15) is 18.1 Å². The molecule has 1 aromatic carbocycles. The second-order valence-electron chi connectivity index (χ2n) is 2.71. The van der Waals surface area contributed by atoms with Crippen molar-refractivity contribution < 1.29 is 14.6 Å². The SMILES string of the molecule is CCc1c(O)cc(C)c(F)c1O. The van der Waals surface area contributed by atoms with E-state index in [1.165, 1.54) is 13.0 Å². The number of phenols is 2. The van der Waals surface area contributed by atoms with Gasteiger partial charge in [-0.3, -0.25) is 0 Å². The van der Waals surface area contributed by atoms with E-state index in [0.717, 1.165) is 0 Å². The first kappa shape index (κ1) is 8.84. The van der Waals surface area contributed by atoms with E-state index in [2.05, 4.69) is 0 Å². The highest BCUT2D eigenvalue weighted by atomic mass is 19.1. The summed E-state index contributed by atoms with van der Waals surface area (Å²) in [4.78, 5) is 0. The van der Waals surface area contributed by atoms with E-state index < -0.39 is 11.6 Å². The third-order valence-electron chi connectivity index (χ3n) is 1.86. The first-order valence-corrected chi connectivity index (χ1v) is 3.77. The molecule has 1 rings (SSSR count). The average molecular weight is 170 g/mol. The second-order valence-corrected chi connectivity index (χ2v) is 2.71. The molecule has 0 aliphatic carbocycles. The third kappa shape index (κ3) is 1.22. The Kier molecular flexibility index (Phi) is 2.22. The van der Waals surface area contributed by atoms with Gasteiger partial charge < -0.3 is 10.2 Å². The fourth-order valence-electron chi connectivity index (χ4n) is 1.14. The molecule has 0 fully saturated rings. The van der Waals surface area contributed by atoms with Gasteiger partial charge >= 0.3 is 0 Å². The maximum atomic E-state index is 13.0. The lowest BCUT2D eigenvalue weighted by Gasteiger charge is -2.07. The van der Waals surface area contributed by atoms with Gasteiger partial charge in [0.25, 0.3) is 0 Å². The fraction of sp³-hybridized carbons (Fsp3) is 0.333. The number of hydrogen-bond donors (Lipinski definition) is 2. The molecule has 2 nitrogen and oxygen atoms in total. The zero-order valence-corrected chi connectivity index (χ0v) is 7.06. The molecule has 0 saturated heterocycles. The summed E-state index contributed by atoms with van der Waals surface area (Å²) in [6.07, 6.45) is 0.412. The largest absolute Gasteiger partial charge is 0.508 e. The summed E-state index contributed by atoms with van der Waals surface area (Å²) in [7, 11) is 0. The molecule has 0 saturated carbocycles. The van der Waals surface area contributed by atoms with Crippen molar-refractivity contribution in [3.63, 3.8) is 0 Å². The van der Waals surface area contributed by atoms with Gasteiger partial charge in [0.15, 0.2) is 11.6 Å². The number of rotatable bonds is 1. The van der Waals surface area contributed by atoms with Crippen molar-refractivity contribution >= 4 is 0 Å². The molecule has 0 spiro atoms. The first-order chi connectivity index (χ1) is 5.57. The quantitative estimate of drug-likeness (QED) is 0.677. The monoisotopic (exact) mass is 170 g/mol. The van der Waals surface area contributed by atoms with Gasteiger partial charge in [0.05, 0.1) is 0 Å². The minimum atomic E-state index is -0.648. The summed E-state index contributed by atoms with van der Waals surface area (Å²) in [6.45, 7) is 3.23. The Hall–Kier alpha value is -1.25. The zero-order valence-electron chi connectivity index (χ0n) is 7.06. The van der Waals surface area contributed by atoms with E-state index in [1.807, 2.05) is 0 Å². The highest BCUT2D eigenvalue weighted by molar-refractivity contribution is 5.47. The zero-order chi connectivity index (χ0) is 9.30. The van der Waals surface area contributed by atoms with Gasteiger partial charge in [0.1, 0.15) is 5.75 Å². The van der Waals surface area contributed by atoms with Gasteiger partial charge in [0, 0.05) is 5.56 Å². The smallest absolute Gasteiger partial charge is 0.168 e. The molecule has 0 heterocycles. The summed E-state index contributed by atoms with van der Waals surface area (Å²) in [5.41, 5.74) is 0.514. The van der Waals surface area contributed by atoms with Gasteiger partial charge in [-0.1, -0.05) is 6.92 Å². The van der Waals surface area contributed by atoms with E-state index >= 15 is 0 Å². The minimum Gasteiger partial charge on any atom is -0.508 e. The number of hydrogen-bond acceptors (Lipinski definition) is 2. The van der Waals surface area contributed by atoms with Gasteiger partial charge in [-0.15, -0.1) is 0 Å². The molecule has 2 N–H and O–H groups in total. The molecule has 0 bridgehead atoms. The molecule has 12 heavy (non-hydrogen) atoms. The fourth-order valence-corrected chi connectivity index (χ4v) is 1.14. The molecule has 3 heteroatoms. The highest BCUT2D eigenvalue weighted by Gasteiger charge is 2.13. The van der Waals surface area contributed by atoms with Crippen LogP contribution in [0.2, 0.25) is 0 Å². The van der Waals surface area contributed by atoms with Crippen LogP contribution in [0.15, 0.2) is 6.07 Å². The van der Waals surface area contributed by atoms with Crippen molar-refractivity contribution in [1.29, 1.82) is 0 Å². The van der Waals surface area contributed by atoms with Crippen LogP contribution in [-0.2, 0) is 6.42 Å². The van der Waals surface area contributed by atoms with Crippen LogP contribution in [0.4, 0.5) is 4.39 Å². The van der Waals surface area contributed by atoms with Crippen LogP contribution in [0.3, 0.4) is 0 Å². The number of halogens is 1. The normalized spacial score (nSPS) is 10.2. The Morgan fingerprint density at radius 3 is 2.50 bits per heavy atom. The van der Waals surface area contributed by atoms with Gasteiger partial charge in [0.2, 0.25) is 0 Å². The number of phenolic OH excluding ortho intramolecular Hbond substituents is 2. The van der Waals surface area contributed by atoms with E-state index in [9.17, 15) is 14.6 Å². The molecule has 0 aliphatic heterocycles. The summed E-state index contributed by atoms with van der Waals surface area (Å²) < 4.78 is 13.0. The molecule has 0 aromatic heterocycles. The maximum Gasteiger partial charge on any atom is 0.168 e. The van der Waals surface area contributed by atoms with Crippen LogP contribution in [-0.4, -0.2) is 10.2 Å². The Labute approximate surface area is 70.3 Å². The van der Waals surface area contributed by atoms with Crippen LogP contribution in [0.25, 0.3) is 0 Å². The topological polar surface area (TPSA) is 40.5 Å². The van der Waals surface area contributed by atoms with E-state index in [0.29, 0.717) is 6.42 Å². The van der Waals surface area contributed by atoms with E-state index in [4.69, 9.17) is 0 Å². The van der Waals surface area contributed by atoms with Crippen LogP contribution in [0, 0.1) is 12.7 Å². The van der Waals surface area contributed by atoms with Crippen LogP contribution >= 0.6 is 0 Å². The Bertz CT molecular complexity index is 308. The molecule has 0 amide bonds. The molecule has 0 atom stereocenters. The maximum absolute atomic E-state index is 13.0. The van der Waals surface area contributed by atoms with Gasteiger partial charge in [-0.2, -0.15) is 0 Å². The third-order valence-corrected chi connectivity index (χ3v) is 1.86. The number of benzene rings is 1. The van der Waals surface area contributed by atoms with Gasteiger partial charge in [-0.05, 0) is 25.0 Å². The summed E-state index contributed by atoms with van der Waals surface area (Å²) in [6, 6.07) is 1.31. The summed E-state index contributed by atoms with van der Waals surface area (Å²) >= 11 is 0. The molecule has 1 aromatic rings. The molecular formula is C9H11FO2. The number of aromatic hydroxyl groups is 2. The number of aryl methyl sites for hydroxylation is 1. The molecule has 66 valence electrons. The van der Waals surface area contributed by atoms with Crippen molar-refractivity contribution in [2.75, 3.05) is 0 Å². The molecular weight excluding hydrogens is 159 g/mol. The predicted octanol–water partition coefficient (Wildman–Crippen LogP) is 2.11. The van der Waals surface area contributed by atoms with Crippen LogP contribution < -0.4 is 0 Å². The van der Waals surface area contributed by atoms with Crippen molar-refractivity contribution in [3.8, 4) is 11.5 Å². The summed E-state index contributed by atoms with van der Waals surface area (Å²) in [5.74, 6) is -1.13. The predicted molar refractivity (Wildman–Crippen MR) is 43.8 cm³/mol. The van der Waals surface area contributed by atoms with Crippen LogP contribution in [0.5, 0.6) is 11.5 Å². The molecule has 0 unspecified atom stereocenters.